The highest BCUT2D eigenvalue weighted by atomic mass is 16.6. The van der Waals surface area contributed by atoms with Crippen molar-refractivity contribution in [2.75, 3.05) is 13.7 Å². The number of rotatable bonds is 7. The van der Waals surface area contributed by atoms with Crippen molar-refractivity contribution in [3.05, 3.63) is 53.6 Å². The number of aromatic carboxylic acids is 1. The van der Waals surface area contributed by atoms with E-state index >= 15 is 0 Å². The van der Waals surface area contributed by atoms with Gasteiger partial charge in [-0.1, -0.05) is 12.1 Å². The van der Waals surface area contributed by atoms with E-state index in [1.807, 2.05) is 0 Å². The van der Waals surface area contributed by atoms with Gasteiger partial charge in [-0.3, -0.25) is 0 Å². The van der Waals surface area contributed by atoms with E-state index in [2.05, 4.69) is 4.74 Å². The van der Waals surface area contributed by atoms with Gasteiger partial charge in [-0.25, -0.2) is 9.59 Å². The molecule has 2 aromatic rings. The molecule has 0 aromatic heterocycles. The van der Waals surface area contributed by atoms with Crippen molar-refractivity contribution in [1.82, 2.24) is 0 Å². The van der Waals surface area contributed by atoms with Gasteiger partial charge in [0.15, 0.2) is 5.60 Å². The number of carboxylic acids is 1. The van der Waals surface area contributed by atoms with Gasteiger partial charge < -0.3 is 40.1 Å². The van der Waals surface area contributed by atoms with Crippen molar-refractivity contribution in [1.29, 1.82) is 0 Å². The Morgan fingerprint density at radius 1 is 1.06 bits per heavy atom. The van der Waals surface area contributed by atoms with Crippen molar-refractivity contribution in [3.8, 4) is 16.9 Å². The van der Waals surface area contributed by atoms with Crippen LogP contribution in [0, 0.1) is 5.92 Å². The molecule has 0 heterocycles. The zero-order chi connectivity index (χ0) is 22.9. The minimum Gasteiger partial charge on any atom is -0.478 e. The fourth-order valence-corrected chi connectivity index (χ4v) is 3.55. The molecule has 0 aliphatic heterocycles. The maximum absolute atomic E-state index is 11.8. The second-order valence-corrected chi connectivity index (χ2v) is 7.20. The van der Waals surface area contributed by atoms with Crippen LogP contribution in [0.2, 0.25) is 0 Å². The van der Waals surface area contributed by atoms with E-state index < -0.39 is 48.6 Å². The Hall–Kier alpha value is -3.02. The van der Waals surface area contributed by atoms with Gasteiger partial charge in [0.05, 0.1) is 30.9 Å². The third kappa shape index (κ3) is 3.99. The van der Waals surface area contributed by atoms with E-state index in [4.69, 9.17) is 4.74 Å². The second-order valence-electron chi connectivity index (χ2n) is 7.20. The third-order valence-electron chi connectivity index (χ3n) is 5.43. The standard InChI is InChI=1S/C21H22O10/c1-30-19(27)13-7-11(6-12(8-13)18(25)26)10-2-4-14(5-3-10)31-20(28)21(29)15(9-22)16(23)17(21)24/h2-8,15-17,20,22-24,28-29H,9H2,1H3,(H,25,26). The lowest BCUT2D eigenvalue weighted by molar-refractivity contribution is -0.332. The first-order valence-electron chi connectivity index (χ1n) is 9.24. The maximum atomic E-state index is 11.8. The molecular weight excluding hydrogens is 412 g/mol. The van der Waals surface area contributed by atoms with Crippen molar-refractivity contribution in [2.45, 2.75) is 24.1 Å². The van der Waals surface area contributed by atoms with Crippen LogP contribution in [0.25, 0.3) is 11.1 Å². The average Bonchev–Trinajstić information content (AvgIpc) is 2.78. The Kier molecular flexibility index (Phi) is 6.30. The lowest BCUT2D eigenvalue weighted by Gasteiger charge is -2.53. The van der Waals surface area contributed by atoms with Crippen LogP contribution in [0.15, 0.2) is 42.5 Å². The molecule has 5 unspecified atom stereocenters. The fraction of sp³-hybridized carbons (Fsp3) is 0.333. The van der Waals surface area contributed by atoms with Gasteiger partial charge in [0.1, 0.15) is 11.9 Å². The van der Waals surface area contributed by atoms with Crippen LogP contribution >= 0.6 is 0 Å². The predicted molar refractivity (Wildman–Crippen MR) is 104 cm³/mol. The van der Waals surface area contributed by atoms with Gasteiger partial charge in [-0.2, -0.15) is 0 Å². The minimum atomic E-state index is -2.25. The first-order chi connectivity index (χ1) is 14.6. The molecule has 0 radical (unpaired) electrons. The SMILES string of the molecule is COC(=O)c1cc(C(=O)O)cc(-c2ccc(OC(O)C3(O)C(O)C(O)C3CO)cc2)c1. The van der Waals surface area contributed by atoms with Crippen LogP contribution < -0.4 is 4.74 Å². The monoisotopic (exact) mass is 434 g/mol. The molecule has 10 heteroatoms. The van der Waals surface area contributed by atoms with Crippen molar-refractivity contribution in [2.24, 2.45) is 5.92 Å². The van der Waals surface area contributed by atoms with Crippen LogP contribution in [0.5, 0.6) is 5.75 Å². The number of esters is 1. The van der Waals surface area contributed by atoms with Gasteiger partial charge in [0.2, 0.25) is 6.29 Å². The average molecular weight is 434 g/mol. The molecule has 0 saturated heterocycles. The van der Waals surface area contributed by atoms with Gasteiger partial charge in [0.25, 0.3) is 0 Å². The zero-order valence-corrected chi connectivity index (χ0v) is 16.4. The summed E-state index contributed by atoms with van der Waals surface area (Å²) in [6, 6.07) is 9.94. The highest BCUT2D eigenvalue weighted by Crippen LogP contribution is 2.42. The molecule has 6 N–H and O–H groups in total. The maximum Gasteiger partial charge on any atom is 0.337 e. The van der Waals surface area contributed by atoms with Gasteiger partial charge in [-0.05, 0) is 41.5 Å². The number of hydrogen-bond donors (Lipinski definition) is 6. The molecule has 2 aromatic carbocycles. The number of hydrogen-bond acceptors (Lipinski definition) is 9. The highest BCUT2D eigenvalue weighted by Gasteiger charge is 2.65. The van der Waals surface area contributed by atoms with Crippen molar-refractivity contribution >= 4 is 11.9 Å². The molecule has 1 saturated carbocycles. The Bertz CT molecular complexity index is 973. The smallest absolute Gasteiger partial charge is 0.337 e. The number of carboxylic acid groups (broad SMARTS) is 1. The number of methoxy groups -OCH3 is 1. The molecule has 0 bridgehead atoms. The van der Waals surface area contributed by atoms with Crippen molar-refractivity contribution in [3.63, 3.8) is 0 Å². The summed E-state index contributed by atoms with van der Waals surface area (Å²) in [4.78, 5) is 23.2. The van der Waals surface area contributed by atoms with Gasteiger partial charge in [-0.15, -0.1) is 0 Å². The van der Waals surface area contributed by atoms with Crippen LogP contribution in [0.1, 0.15) is 20.7 Å². The summed E-state index contributed by atoms with van der Waals surface area (Å²) >= 11 is 0. The molecule has 1 aliphatic rings. The molecule has 0 spiro atoms. The summed E-state index contributed by atoms with van der Waals surface area (Å²) in [6.07, 6.45) is -5.04. The van der Waals surface area contributed by atoms with E-state index in [1.165, 1.54) is 49.6 Å². The summed E-state index contributed by atoms with van der Waals surface area (Å²) in [5.74, 6) is -3.01. The predicted octanol–water partition coefficient (Wildman–Crippen LogP) is -0.389. The Morgan fingerprint density at radius 2 is 1.68 bits per heavy atom. The second kappa shape index (κ2) is 8.61. The summed E-state index contributed by atoms with van der Waals surface area (Å²) in [7, 11) is 1.18. The Balaban J connectivity index is 1.83. The largest absolute Gasteiger partial charge is 0.478 e. The number of carbonyl (C=O) groups excluding carboxylic acids is 1. The number of ether oxygens (including phenoxy) is 2. The van der Waals surface area contributed by atoms with Crippen LogP contribution in [0.3, 0.4) is 0 Å². The normalized spacial score (nSPS) is 25.9. The highest BCUT2D eigenvalue weighted by molar-refractivity contribution is 5.96. The Morgan fingerprint density at radius 3 is 2.23 bits per heavy atom. The lowest BCUT2D eigenvalue weighted by atomic mass is 9.64. The van der Waals surface area contributed by atoms with Crippen LogP contribution in [-0.4, -0.2) is 80.4 Å². The summed E-state index contributed by atoms with van der Waals surface area (Å²) in [5, 5.41) is 58.6. The molecule has 1 fully saturated rings. The lowest BCUT2D eigenvalue weighted by Crippen LogP contribution is -2.76. The van der Waals surface area contributed by atoms with E-state index in [-0.39, 0.29) is 16.9 Å². The number of carbonyl (C=O) groups is 2. The topological polar surface area (TPSA) is 174 Å². The third-order valence-corrected chi connectivity index (χ3v) is 5.43. The summed E-state index contributed by atoms with van der Waals surface area (Å²) < 4.78 is 9.91. The first-order valence-corrected chi connectivity index (χ1v) is 9.24. The molecule has 5 atom stereocenters. The zero-order valence-electron chi connectivity index (χ0n) is 16.4. The fourth-order valence-electron chi connectivity index (χ4n) is 3.55. The van der Waals surface area contributed by atoms with Gasteiger partial charge >= 0.3 is 11.9 Å². The van der Waals surface area contributed by atoms with Crippen LogP contribution in [-0.2, 0) is 4.74 Å². The number of aliphatic hydroxyl groups is 5. The minimum absolute atomic E-state index is 0.0583. The molecule has 166 valence electrons. The molecule has 31 heavy (non-hydrogen) atoms. The summed E-state index contributed by atoms with van der Waals surface area (Å²) in [6.45, 7) is -0.670. The van der Waals surface area contributed by atoms with E-state index in [1.54, 1.807) is 0 Å². The van der Waals surface area contributed by atoms with Gasteiger partial charge in [0, 0.05) is 5.92 Å². The number of aliphatic hydroxyl groups excluding tert-OH is 4. The van der Waals surface area contributed by atoms with E-state index in [0.29, 0.717) is 11.1 Å². The number of benzene rings is 2. The van der Waals surface area contributed by atoms with E-state index in [9.17, 15) is 40.2 Å². The van der Waals surface area contributed by atoms with Crippen molar-refractivity contribution < 1.29 is 49.7 Å². The quantitative estimate of drug-likeness (QED) is 0.249. The molecule has 10 nitrogen and oxygen atoms in total. The molecule has 3 rings (SSSR count). The Labute approximate surface area is 176 Å². The van der Waals surface area contributed by atoms with Crippen LogP contribution in [0.4, 0.5) is 0 Å². The molecule has 1 aliphatic carbocycles. The summed E-state index contributed by atoms with van der Waals surface area (Å²) in [5.41, 5.74) is -1.35. The first kappa shape index (κ1) is 22.7. The molecular formula is C21H22O10. The van der Waals surface area contributed by atoms with E-state index in [0.717, 1.165) is 0 Å². The molecule has 0 amide bonds.